The Morgan fingerprint density at radius 3 is 2.60 bits per heavy atom. The Morgan fingerprint density at radius 1 is 1.15 bits per heavy atom. The minimum atomic E-state index is 0.296. The monoisotopic (exact) mass is 351 g/mol. The van der Waals surface area contributed by atoms with Gasteiger partial charge in [0.15, 0.2) is 0 Å². The van der Waals surface area contributed by atoms with Gasteiger partial charge in [0.25, 0.3) is 0 Å². The third-order valence-corrected chi connectivity index (χ3v) is 4.80. The lowest BCUT2D eigenvalue weighted by molar-refractivity contribution is 0.405. The van der Waals surface area contributed by atoms with Crippen molar-refractivity contribution < 1.29 is 4.74 Å². The zero-order valence-electron chi connectivity index (χ0n) is 11.8. The summed E-state index contributed by atoms with van der Waals surface area (Å²) in [5, 5.41) is 3.30. The molecule has 0 heterocycles. The van der Waals surface area contributed by atoms with Crippen LogP contribution in [-0.4, -0.2) is 14.2 Å². The van der Waals surface area contributed by atoms with Crippen molar-refractivity contribution in [2.45, 2.75) is 22.8 Å². The third kappa shape index (κ3) is 3.57. The normalized spacial score (nSPS) is 12.2. The molecule has 1 atom stereocenters. The molecule has 0 aromatic heterocycles. The Morgan fingerprint density at radius 2 is 1.90 bits per heavy atom. The summed E-state index contributed by atoms with van der Waals surface area (Å²) >= 11 is 5.28. The first-order valence-corrected chi connectivity index (χ1v) is 8.04. The summed E-state index contributed by atoms with van der Waals surface area (Å²) in [6.07, 6.45) is 0. The molecule has 106 valence electrons. The molecule has 0 aliphatic heterocycles. The standard InChI is InChI=1S/C16H18BrNOS/c1-11(18-2)13-10-12(17)8-9-15(13)20-16-7-5-4-6-14(16)19-3/h4-11,18H,1-3H3. The van der Waals surface area contributed by atoms with E-state index >= 15 is 0 Å². The molecule has 0 amide bonds. The summed E-state index contributed by atoms with van der Waals surface area (Å²) in [5.41, 5.74) is 1.28. The van der Waals surface area contributed by atoms with Crippen LogP contribution in [0, 0.1) is 0 Å². The predicted molar refractivity (Wildman–Crippen MR) is 88.7 cm³/mol. The summed E-state index contributed by atoms with van der Waals surface area (Å²) in [4.78, 5) is 2.36. The van der Waals surface area contributed by atoms with Crippen LogP contribution >= 0.6 is 27.7 Å². The summed E-state index contributed by atoms with van der Waals surface area (Å²) in [5.74, 6) is 0.906. The molecule has 0 saturated carbocycles. The molecule has 2 aromatic carbocycles. The zero-order chi connectivity index (χ0) is 14.5. The number of ether oxygens (including phenoxy) is 1. The van der Waals surface area contributed by atoms with E-state index in [0.29, 0.717) is 6.04 Å². The molecule has 20 heavy (non-hydrogen) atoms. The van der Waals surface area contributed by atoms with Crippen molar-refractivity contribution in [2.24, 2.45) is 0 Å². The first-order valence-electron chi connectivity index (χ1n) is 6.43. The minimum absolute atomic E-state index is 0.296. The van der Waals surface area contributed by atoms with Crippen molar-refractivity contribution in [1.29, 1.82) is 0 Å². The molecule has 0 aliphatic carbocycles. The molecule has 0 spiro atoms. The highest BCUT2D eigenvalue weighted by atomic mass is 79.9. The molecule has 0 saturated heterocycles. The number of rotatable bonds is 5. The lowest BCUT2D eigenvalue weighted by Gasteiger charge is -2.17. The highest BCUT2D eigenvalue weighted by Crippen LogP contribution is 2.38. The van der Waals surface area contributed by atoms with Gasteiger partial charge in [-0.1, -0.05) is 39.8 Å². The molecule has 0 radical (unpaired) electrons. The smallest absolute Gasteiger partial charge is 0.132 e. The fourth-order valence-electron chi connectivity index (χ4n) is 1.93. The number of nitrogens with one attached hydrogen (secondary N) is 1. The predicted octanol–water partition coefficient (Wildman–Crippen LogP) is 4.89. The largest absolute Gasteiger partial charge is 0.496 e. The molecular formula is C16H18BrNOS. The molecule has 2 rings (SSSR count). The number of hydrogen-bond donors (Lipinski definition) is 1. The van der Waals surface area contributed by atoms with Gasteiger partial charge >= 0.3 is 0 Å². The van der Waals surface area contributed by atoms with Gasteiger partial charge in [0.05, 0.1) is 12.0 Å². The van der Waals surface area contributed by atoms with Gasteiger partial charge in [-0.05, 0) is 49.9 Å². The van der Waals surface area contributed by atoms with E-state index in [1.165, 1.54) is 10.5 Å². The van der Waals surface area contributed by atoms with Crippen LogP contribution in [0.2, 0.25) is 0 Å². The minimum Gasteiger partial charge on any atom is -0.496 e. The highest BCUT2D eigenvalue weighted by Gasteiger charge is 2.12. The number of halogens is 1. The maximum Gasteiger partial charge on any atom is 0.132 e. The van der Waals surface area contributed by atoms with E-state index in [2.05, 4.69) is 52.4 Å². The second kappa shape index (κ2) is 7.16. The Kier molecular flexibility index (Phi) is 5.52. The maximum atomic E-state index is 5.42. The summed E-state index contributed by atoms with van der Waals surface area (Å²) in [6, 6.07) is 14.8. The lowest BCUT2D eigenvalue weighted by atomic mass is 10.1. The third-order valence-electron chi connectivity index (χ3n) is 3.16. The molecule has 4 heteroatoms. The van der Waals surface area contributed by atoms with Crippen LogP contribution < -0.4 is 10.1 Å². The van der Waals surface area contributed by atoms with E-state index < -0.39 is 0 Å². The summed E-state index contributed by atoms with van der Waals surface area (Å²) in [6.45, 7) is 2.16. The second-order valence-corrected chi connectivity index (χ2v) is 6.44. The number of methoxy groups -OCH3 is 1. The quantitative estimate of drug-likeness (QED) is 0.828. The number of para-hydroxylation sites is 1. The average Bonchev–Trinajstić information content (AvgIpc) is 2.48. The van der Waals surface area contributed by atoms with Gasteiger partial charge < -0.3 is 10.1 Å². The van der Waals surface area contributed by atoms with Crippen molar-refractivity contribution in [2.75, 3.05) is 14.2 Å². The van der Waals surface area contributed by atoms with Crippen molar-refractivity contribution in [3.05, 3.63) is 52.5 Å². The Balaban J connectivity index is 2.38. The summed E-state index contributed by atoms with van der Waals surface area (Å²) in [7, 11) is 3.68. The summed E-state index contributed by atoms with van der Waals surface area (Å²) < 4.78 is 6.52. The van der Waals surface area contributed by atoms with Gasteiger partial charge in [-0.25, -0.2) is 0 Å². The first kappa shape index (κ1) is 15.4. The molecule has 0 bridgehead atoms. The van der Waals surface area contributed by atoms with Crippen LogP contribution in [0.25, 0.3) is 0 Å². The number of hydrogen-bond acceptors (Lipinski definition) is 3. The topological polar surface area (TPSA) is 21.3 Å². The Hall–Kier alpha value is -0.970. The van der Waals surface area contributed by atoms with Crippen molar-refractivity contribution in [3.8, 4) is 5.75 Å². The molecular weight excluding hydrogens is 334 g/mol. The number of benzene rings is 2. The molecule has 0 fully saturated rings. The highest BCUT2D eigenvalue weighted by molar-refractivity contribution is 9.10. The van der Waals surface area contributed by atoms with Gasteiger partial charge in [-0.2, -0.15) is 0 Å². The van der Waals surface area contributed by atoms with Crippen LogP contribution in [-0.2, 0) is 0 Å². The van der Waals surface area contributed by atoms with E-state index in [4.69, 9.17) is 4.74 Å². The van der Waals surface area contributed by atoms with E-state index in [-0.39, 0.29) is 0 Å². The second-order valence-electron chi connectivity index (χ2n) is 4.45. The Bertz CT molecular complexity index is 588. The first-order chi connectivity index (χ1) is 9.65. The van der Waals surface area contributed by atoms with Crippen LogP contribution in [0.1, 0.15) is 18.5 Å². The average molecular weight is 352 g/mol. The van der Waals surface area contributed by atoms with E-state index in [9.17, 15) is 0 Å². The molecule has 0 aliphatic rings. The van der Waals surface area contributed by atoms with Crippen molar-refractivity contribution >= 4 is 27.7 Å². The van der Waals surface area contributed by atoms with Gasteiger partial charge in [-0.3, -0.25) is 0 Å². The maximum absolute atomic E-state index is 5.42. The van der Waals surface area contributed by atoms with E-state index in [1.54, 1.807) is 18.9 Å². The fraction of sp³-hybridized carbons (Fsp3) is 0.250. The van der Waals surface area contributed by atoms with Crippen LogP contribution in [0.5, 0.6) is 5.75 Å². The lowest BCUT2D eigenvalue weighted by Crippen LogP contribution is -2.13. The van der Waals surface area contributed by atoms with Gasteiger partial charge in [-0.15, -0.1) is 0 Å². The van der Waals surface area contributed by atoms with Gasteiger partial charge in [0.2, 0.25) is 0 Å². The van der Waals surface area contributed by atoms with Gasteiger partial charge in [0, 0.05) is 15.4 Å². The van der Waals surface area contributed by atoms with E-state index in [0.717, 1.165) is 15.1 Å². The van der Waals surface area contributed by atoms with Crippen molar-refractivity contribution in [3.63, 3.8) is 0 Å². The van der Waals surface area contributed by atoms with Gasteiger partial charge in [0.1, 0.15) is 5.75 Å². The molecule has 1 N–H and O–H groups in total. The molecule has 1 unspecified atom stereocenters. The van der Waals surface area contributed by atoms with E-state index in [1.807, 2.05) is 25.2 Å². The Labute approximate surface area is 133 Å². The molecule has 2 aromatic rings. The fourth-order valence-corrected chi connectivity index (χ4v) is 3.43. The van der Waals surface area contributed by atoms with Crippen molar-refractivity contribution in [1.82, 2.24) is 5.32 Å². The van der Waals surface area contributed by atoms with Crippen LogP contribution in [0.4, 0.5) is 0 Å². The SMILES string of the molecule is CNC(C)c1cc(Br)ccc1Sc1ccccc1OC. The zero-order valence-corrected chi connectivity index (χ0v) is 14.2. The van der Waals surface area contributed by atoms with Crippen LogP contribution in [0.15, 0.2) is 56.7 Å². The van der Waals surface area contributed by atoms with Crippen LogP contribution in [0.3, 0.4) is 0 Å². The molecule has 2 nitrogen and oxygen atoms in total.